The Morgan fingerprint density at radius 2 is 0.787 bits per heavy atom. The highest BCUT2D eigenvalue weighted by atomic mass is 32.1. The standard InChI is InChI=1S/C58H37NS2/c1-2-22-46-38(14-1)15-12-26-47(46)42-19-11-21-45(36-42)59(54-29-6-3-23-48(54)43-32-33-52-50-24-4-7-30-55(50)60-57(52)37-43)44-20-10-17-40(35-44)39-16-9-18-41(34-39)49-27-13-28-53-51-25-5-8-31-56(51)61-58(49)53/h1-37H. The zero-order valence-electron chi connectivity index (χ0n) is 33.1. The van der Waals surface area contributed by atoms with Gasteiger partial charge in [0.2, 0.25) is 0 Å². The SMILES string of the molecule is c1cc(-c2cccc(N(c3cccc(-c4cccc5ccccc45)c3)c3ccccc3-c3ccc4c(c3)sc3ccccc34)c2)cc(-c2cccc3c2sc2ccccc23)c1. The first-order valence-corrected chi connectivity index (χ1v) is 22.4. The molecule has 0 atom stereocenters. The van der Waals surface area contributed by atoms with E-state index in [1.54, 1.807) is 0 Å². The van der Waals surface area contributed by atoms with Crippen molar-refractivity contribution in [2.45, 2.75) is 0 Å². The van der Waals surface area contributed by atoms with Gasteiger partial charge in [-0.3, -0.25) is 0 Å². The van der Waals surface area contributed by atoms with Crippen LogP contribution in [0.4, 0.5) is 17.1 Å². The van der Waals surface area contributed by atoms with Crippen molar-refractivity contribution in [1.29, 1.82) is 0 Å². The number of benzene rings is 10. The summed E-state index contributed by atoms with van der Waals surface area (Å²) in [5.74, 6) is 0. The minimum atomic E-state index is 1.10. The third-order valence-corrected chi connectivity index (χ3v) is 14.4. The normalized spacial score (nSPS) is 11.6. The van der Waals surface area contributed by atoms with Gasteiger partial charge in [-0.1, -0.05) is 170 Å². The van der Waals surface area contributed by atoms with Crippen LogP contribution in [-0.2, 0) is 0 Å². The number of thiophene rings is 2. The molecule has 0 aliphatic heterocycles. The highest BCUT2D eigenvalue weighted by Crippen LogP contribution is 2.46. The molecule has 0 saturated carbocycles. The fourth-order valence-electron chi connectivity index (χ4n) is 9.19. The van der Waals surface area contributed by atoms with E-state index in [1.165, 1.54) is 95.6 Å². The zero-order valence-corrected chi connectivity index (χ0v) is 34.8. The van der Waals surface area contributed by atoms with Crippen molar-refractivity contribution in [3.8, 4) is 44.5 Å². The van der Waals surface area contributed by atoms with Crippen LogP contribution in [0.2, 0.25) is 0 Å². The lowest BCUT2D eigenvalue weighted by Gasteiger charge is -2.29. The second-order valence-corrected chi connectivity index (χ2v) is 17.8. The van der Waals surface area contributed by atoms with Gasteiger partial charge in [-0.15, -0.1) is 22.7 Å². The summed E-state index contributed by atoms with van der Waals surface area (Å²) >= 11 is 3.75. The fraction of sp³-hybridized carbons (Fsp3) is 0. The summed E-state index contributed by atoms with van der Waals surface area (Å²) in [7, 11) is 0. The van der Waals surface area contributed by atoms with E-state index in [0.29, 0.717) is 0 Å². The number of fused-ring (bicyclic) bond motifs is 7. The first-order chi connectivity index (χ1) is 30.2. The molecule has 61 heavy (non-hydrogen) atoms. The molecule has 0 N–H and O–H groups in total. The van der Waals surface area contributed by atoms with E-state index in [0.717, 1.165) is 17.1 Å². The van der Waals surface area contributed by atoms with Crippen LogP contribution in [-0.4, -0.2) is 0 Å². The molecular weight excluding hydrogens is 775 g/mol. The van der Waals surface area contributed by atoms with Crippen molar-refractivity contribution in [2.24, 2.45) is 0 Å². The minimum absolute atomic E-state index is 1.10. The number of hydrogen-bond donors (Lipinski definition) is 0. The quantitative estimate of drug-likeness (QED) is 0.155. The molecule has 10 aromatic carbocycles. The zero-order chi connectivity index (χ0) is 40.3. The van der Waals surface area contributed by atoms with Crippen LogP contribution in [0.25, 0.3) is 95.6 Å². The lowest BCUT2D eigenvalue weighted by molar-refractivity contribution is 1.28. The predicted octanol–water partition coefficient (Wildman–Crippen LogP) is 17.7. The van der Waals surface area contributed by atoms with Gasteiger partial charge in [-0.05, 0) is 104 Å². The van der Waals surface area contributed by atoms with Crippen molar-refractivity contribution in [1.82, 2.24) is 0 Å². The first-order valence-electron chi connectivity index (χ1n) is 20.7. The number of hydrogen-bond acceptors (Lipinski definition) is 3. The number of anilines is 3. The van der Waals surface area contributed by atoms with Crippen LogP contribution in [0, 0.1) is 0 Å². The van der Waals surface area contributed by atoms with E-state index in [9.17, 15) is 0 Å². The molecule has 0 radical (unpaired) electrons. The Bertz CT molecular complexity index is 3620. The highest BCUT2D eigenvalue weighted by Gasteiger charge is 2.20. The van der Waals surface area contributed by atoms with Crippen LogP contribution in [0.1, 0.15) is 0 Å². The molecule has 1 nitrogen and oxygen atoms in total. The van der Waals surface area contributed by atoms with Crippen LogP contribution in [0.3, 0.4) is 0 Å². The third-order valence-electron chi connectivity index (χ3n) is 12.1. The summed E-state index contributed by atoms with van der Waals surface area (Å²) < 4.78 is 5.27. The topological polar surface area (TPSA) is 3.24 Å². The molecule has 2 heterocycles. The maximum Gasteiger partial charge on any atom is 0.0540 e. The van der Waals surface area contributed by atoms with Gasteiger partial charge in [-0.25, -0.2) is 0 Å². The van der Waals surface area contributed by atoms with Gasteiger partial charge in [-0.2, -0.15) is 0 Å². The fourth-order valence-corrected chi connectivity index (χ4v) is 11.6. The monoisotopic (exact) mass is 811 g/mol. The van der Waals surface area contributed by atoms with Crippen LogP contribution in [0.15, 0.2) is 224 Å². The Morgan fingerprint density at radius 1 is 0.279 bits per heavy atom. The second kappa shape index (κ2) is 14.8. The molecular formula is C58H37NS2. The van der Waals surface area contributed by atoms with Crippen molar-refractivity contribution in [3.63, 3.8) is 0 Å². The van der Waals surface area contributed by atoms with Gasteiger partial charge in [0.05, 0.1) is 5.69 Å². The summed E-state index contributed by atoms with van der Waals surface area (Å²) in [6.45, 7) is 0. The van der Waals surface area contributed by atoms with E-state index < -0.39 is 0 Å². The van der Waals surface area contributed by atoms with Crippen molar-refractivity contribution >= 4 is 90.9 Å². The second-order valence-electron chi connectivity index (χ2n) is 15.7. The Kier molecular flexibility index (Phi) is 8.62. The molecule has 0 spiro atoms. The van der Waals surface area contributed by atoms with Gasteiger partial charge in [0.15, 0.2) is 0 Å². The van der Waals surface area contributed by atoms with Crippen molar-refractivity contribution < 1.29 is 0 Å². The molecule has 0 bridgehead atoms. The van der Waals surface area contributed by atoms with E-state index in [-0.39, 0.29) is 0 Å². The van der Waals surface area contributed by atoms with Gasteiger partial charge >= 0.3 is 0 Å². The van der Waals surface area contributed by atoms with E-state index in [2.05, 4.69) is 229 Å². The van der Waals surface area contributed by atoms with E-state index in [1.807, 2.05) is 22.7 Å². The highest BCUT2D eigenvalue weighted by molar-refractivity contribution is 7.26. The van der Waals surface area contributed by atoms with Gasteiger partial charge in [0.25, 0.3) is 0 Å². The Morgan fingerprint density at radius 3 is 1.62 bits per heavy atom. The molecule has 12 aromatic rings. The van der Waals surface area contributed by atoms with Gasteiger partial charge in [0, 0.05) is 57.3 Å². The molecule has 0 unspecified atom stereocenters. The molecule has 12 rings (SSSR count). The van der Waals surface area contributed by atoms with E-state index >= 15 is 0 Å². The molecule has 0 aliphatic rings. The van der Waals surface area contributed by atoms with Gasteiger partial charge in [0.1, 0.15) is 0 Å². The van der Waals surface area contributed by atoms with Crippen molar-refractivity contribution in [2.75, 3.05) is 4.90 Å². The number of rotatable bonds is 7. The van der Waals surface area contributed by atoms with Crippen LogP contribution in [0.5, 0.6) is 0 Å². The molecule has 3 heteroatoms. The lowest BCUT2D eigenvalue weighted by atomic mass is 9.96. The molecule has 2 aromatic heterocycles. The molecule has 0 saturated heterocycles. The summed E-state index contributed by atoms with van der Waals surface area (Å²) in [4.78, 5) is 2.45. The van der Waals surface area contributed by atoms with Crippen LogP contribution < -0.4 is 4.90 Å². The summed E-state index contributed by atoms with van der Waals surface area (Å²) in [5.41, 5.74) is 13.0. The lowest BCUT2D eigenvalue weighted by Crippen LogP contribution is -2.11. The Hall–Kier alpha value is -7.30. The first kappa shape index (κ1) is 35.6. The summed E-state index contributed by atoms with van der Waals surface area (Å²) in [5, 5.41) is 7.75. The largest absolute Gasteiger partial charge is 0.310 e. The third kappa shape index (κ3) is 6.21. The van der Waals surface area contributed by atoms with Gasteiger partial charge < -0.3 is 4.90 Å². The molecule has 0 aliphatic carbocycles. The maximum absolute atomic E-state index is 2.45. The predicted molar refractivity (Wildman–Crippen MR) is 266 cm³/mol. The number of nitrogens with zero attached hydrogens (tertiary/aromatic N) is 1. The van der Waals surface area contributed by atoms with E-state index in [4.69, 9.17) is 0 Å². The minimum Gasteiger partial charge on any atom is -0.310 e. The average molecular weight is 812 g/mol. The maximum atomic E-state index is 2.45. The van der Waals surface area contributed by atoms with Crippen molar-refractivity contribution in [3.05, 3.63) is 224 Å². The molecule has 0 fully saturated rings. The smallest absolute Gasteiger partial charge is 0.0540 e. The molecule has 286 valence electrons. The Balaban J connectivity index is 1.02. The summed E-state index contributed by atoms with van der Waals surface area (Å²) in [6.07, 6.45) is 0. The van der Waals surface area contributed by atoms with Crippen LogP contribution >= 0.6 is 22.7 Å². The summed E-state index contributed by atoms with van der Waals surface area (Å²) in [6, 6.07) is 82.5. The Labute approximate surface area is 362 Å². The molecule has 0 amide bonds. The average Bonchev–Trinajstić information content (AvgIpc) is 3.90. The number of para-hydroxylation sites is 1.